The molecule has 0 aromatic carbocycles. The number of ether oxygens (including phenoxy) is 2. The second-order valence-electron chi connectivity index (χ2n) is 5.13. The van der Waals surface area contributed by atoms with Crippen LogP contribution in [0.4, 0.5) is 13.2 Å². The molecule has 0 fully saturated rings. The number of alkyl halides is 3. The Hall–Kier alpha value is -1.29. The molecule has 1 unspecified atom stereocenters. The first kappa shape index (κ1) is 20.0. The molecule has 25 heavy (non-hydrogen) atoms. The molecule has 0 aliphatic rings. The zero-order chi connectivity index (χ0) is 18.8. The molecule has 9 heteroatoms. The lowest BCUT2D eigenvalue weighted by atomic mass is 10.1. The molecule has 1 atom stereocenters. The predicted molar refractivity (Wildman–Crippen MR) is 96.2 cm³/mol. The molecule has 4 nitrogen and oxygen atoms in total. The van der Waals surface area contributed by atoms with Gasteiger partial charge in [-0.1, -0.05) is 11.6 Å². The zero-order valence-corrected chi connectivity index (χ0v) is 16.5. The minimum absolute atomic E-state index is 0.0888. The summed E-state index contributed by atoms with van der Waals surface area (Å²) in [6.45, 7) is 5.03. The number of rotatable bonds is 5. The van der Waals surface area contributed by atoms with E-state index in [0.717, 1.165) is 6.07 Å². The van der Waals surface area contributed by atoms with E-state index in [1.807, 2.05) is 22.6 Å². The van der Waals surface area contributed by atoms with Crippen LogP contribution in [0.5, 0.6) is 11.8 Å². The lowest BCUT2D eigenvalue weighted by Crippen LogP contribution is -2.15. The highest BCUT2D eigenvalue weighted by molar-refractivity contribution is 14.1. The van der Waals surface area contributed by atoms with Crippen LogP contribution in [-0.4, -0.2) is 16.6 Å². The average molecular weight is 487 g/mol. The van der Waals surface area contributed by atoms with Crippen LogP contribution in [0.2, 0.25) is 5.02 Å². The number of hydrogen-bond acceptors (Lipinski definition) is 4. The lowest BCUT2D eigenvalue weighted by Gasteiger charge is -2.19. The molecule has 2 rings (SSSR count). The van der Waals surface area contributed by atoms with E-state index in [1.165, 1.54) is 0 Å². The Labute approximate surface area is 161 Å². The molecule has 0 N–H and O–H groups in total. The molecule has 136 valence electrons. The van der Waals surface area contributed by atoms with E-state index in [2.05, 4.69) is 9.97 Å². The topological polar surface area (TPSA) is 44.2 Å². The number of aryl methyl sites for hydroxylation is 1. The van der Waals surface area contributed by atoms with E-state index in [9.17, 15) is 13.2 Å². The first-order valence-corrected chi connectivity index (χ1v) is 8.79. The van der Waals surface area contributed by atoms with Crippen molar-refractivity contribution in [2.75, 3.05) is 6.61 Å². The van der Waals surface area contributed by atoms with Crippen molar-refractivity contribution in [2.45, 2.75) is 33.1 Å². The molecular formula is C16H15ClF3IN2O2. The maximum atomic E-state index is 13.3. The summed E-state index contributed by atoms with van der Waals surface area (Å²) in [4.78, 5) is 8.11. The van der Waals surface area contributed by atoms with Gasteiger partial charge in [-0.3, -0.25) is 0 Å². The Balaban J connectivity index is 2.38. The van der Waals surface area contributed by atoms with Crippen molar-refractivity contribution >= 4 is 34.2 Å². The third-order valence-corrected chi connectivity index (χ3v) is 4.55. The van der Waals surface area contributed by atoms with Crippen LogP contribution in [-0.2, 0) is 6.18 Å². The Morgan fingerprint density at radius 3 is 2.52 bits per heavy atom. The van der Waals surface area contributed by atoms with Crippen LogP contribution < -0.4 is 9.47 Å². The SMILES string of the molecule is CCOc1nc(I)c(C(C)Oc2ccc(Cl)c(C)n2)cc1C(F)(F)F. The Kier molecular flexibility index (Phi) is 6.36. The van der Waals surface area contributed by atoms with Crippen molar-refractivity contribution in [2.24, 2.45) is 0 Å². The third kappa shape index (κ3) is 4.87. The minimum atomic E-state index is -4.58. The van der Waals surface area contributed by atoms with E-state index in [0.29, 0.717) is 20.0 Å². The largest absolute Gasteiger partial charge is 0.478 e. The van der Waals surface area contributed by atoms with Crippen molar-refractivity contribution in [3.05, 3.63) is 43.7 Å². The van der Waals surface area contributed by atoms with Crippen molar-refractivity contribution in [3.63, 3.8) is 0 Å². The lowest BCUT2D eigenvalue weighted by molar-refractivity contribution is -0.139. The number of nitrogens with zero attached hydrogens (tertiary/aromatic N) is 2. The summed E-state index contributed by atoms with van der Waals surface area (Å²) in [6, 6.07) is 4.19. The minimum Gasteiger partial charge on any atom is -0.478 e. The maximum Gasteiger partial charge on any atom is 0.421 e. The molecule has 2 heterocycles. The monoisotopic (exact) mass is 486 g/mol. The Bertz CT molecular complexity index is 772. The normalized spacial score (nSPS) is 12.8. The fraction of sp³-hybridized carbons (Fsp3) is 0.375. The quantitative estimate of drug-likeness (QED) is 0.408. The Morgan fingerprint density at radius 2 is 1.96 bits per heavy atom. The van der Waals surface area contributed by atoms with Gasteiger partial charge in [-0.15, -0.1) is 0 Å². The van der Waals surface area contributed by atoms with Crippen LogP contribution >= 0.6 is 34.2 Å². The third-order valence-electron chi connectivity index (χ3n) is 3.29. The summed E-state index contributed by atoms with van der Waals surface area (Å²) in [5.41, 5.74) is -0.0619. The standard InChI is InChI=1S/C16H15ClF3IN2O2/c1-4-24-15-11(16(18,19)20)7-10(14(21)23-15)9(3)25-13-6-5-12(17)8(2)22-13/h5-7,9H,4H2,1-3H3. The molecule has 2 aromatic rings. The summed E-state index contributed by atoms with van der Waals surface area (Å²) in [7, 11) is 0. The van der Waals surface area contributed by atoms with Crippen molar-refractivity contribution in [1.29, 1.82) is 0 Å². The zero-order valence-electron chi connectivity index (χ0n) is 13.6. The van der Waals surface area contributed by atoms with Crippen molar-refractivity contribution < 1.29 is 22.6 Å². The highest BCUT2D eigenvalue weighted by Gasteiger charge is 2.37. The smallest absolute Gasteiger partial charge is 0.421 e. The number of hydrogen-bond donors (Lipinski definition) is 0. The second kappa shape index (κ2) is 7.94. The van der Waals surface area contributed by atoms with E-state index in [4.69, 9.17) is 21.1 Å². The van der Waals surface area contributed by atoms with Gasteiger partial charge in [0.2, 0.25) is 11.8 Å². The van der Waals surface area contributed by atoms with Gasteiger partial charge in [-0.25, -0.2) is 9.97 Å². The average Bonchev–Trinajstić information content (AvgIpc) is 2.50. The molecule has 0 spiro atoms. The van der Waals surface area contributed by atoms with Gasteiger partial charge in [0.05, 0.1) is 17.3 Å². The van der Waals surface area contributed by atoms with Gasteiger partial charge in [0.25, 0.3) is 0 Å². The van der Waals surface area contributed by atoms with Gasteiger partial charge in [0, 0.05) is 11.6 Å². The van der Waals surface area contributed by atoms with Crippen LogP contribution in [0.15, 0.2) is 18.2 Å². The molecule has 0 amide bonds. The number of aromatic nitrogens is 2. The van der Waals surface area contributed by atoms with Gasteiger partial charge in [0.15, 0.2) is 0 Å². The van der Waals surface area contributed by atoms with Crippen LogP contribution in [0, 0.1) is 10.6 Å². The van der Waals surface area contributed by atoms with E-state index in [1.54, 1.807) is 32.9 Å². The maximum absolute atomic E-state index is 13.3. The molecule has 0 aliphatic heterocycles. The summed E-state index contributed by atoms with van der Waals surface area (Å²) in [5, 5.41) is 0.483. The second-order valence-corrected chi connectivity index (χ2v) is 6.56. The van der Waals surface area contributed by atoms with E-state index in [-0.39, 0.29) is 12.5 Å². The fourth-order valence-corrected chi connectivity index (χ4v) is 2.98. The van der Waals surface area contributed by atoms with Gasteiger partial charge in [-0.2, -0.15) is 13.2 Å². The first-order chi connectivity index (χ1) is 11.6. The highest BCUT2D eigenvalue weighted by atomic mass is 127. The van der Waals surface area contributed by atoms with E-state index < -0.39 is 23.7 Å². The summed E-state index contributed by atoms with van der Waals surface area (Å²) < 4.78 is 50.9. The molecule has 0 saturated heterocycles. The van der Waals surface area contributed by atoms with Crippen molar-refractivity contribution in [3.8, 4) is 11.8 Å². The van der Waals surface area contributed by atoms with Gasteiger partial charge in [-0.05, 0) is 55.5 Å². The summed E-state index contributed by atoms with van der Waals surface area (Å²) in [6.07, 6.45) is -5.27. The van der Waals surface area contributed by atoms with E-state index >= 15 is 0 Å². The van der Waals surface area contributed by atoms with Gasteiger partial charge >= 0.3 is 6.18 Å². The van der Waals surface area contributed by atoms with Crippen LogP contribution in [0.3, 0.4) is 0 Å². The fourth-order valence-electron chi connectivity index (χ4n) is 2.06. The van der Waals surface area contributed by atoms with Crippen LogP contribution in [0.1, 0.15) is 36.8 Å². The summed E-state index contributed by atoms with van der Waals surface area (Å²) >= 11 is 7.77. The molecular weight excluding hydrogens is 472 g/mol. The Morgan fingerprint density at radius 1 is 1.28 bits per heavy atom. The van der Waals surface area contributed by atoms with Gasteiger partial charge in [0.1, 0.15) is 15.4 Å². The summed E-state index contributed by atoms with van der Waals surface area (Å²) in [5.74, 6) is -0.163. The first-order valence-electron chi connectivity index (χ1n) is 7.33. The molecule has 0 saturated carbocycles. The van der Waals surface area contributed by atoms with Gasteiger partial charge < -0.3 is 9.47 Å². The molecule has 0 bridgehead atoms. The highest BCUT2D eigenvalue weighted by Crippen LogP contribution is 2.38. The predicted octanol–water partition coefficient (Wildman–Crippen LogP) is 5.60. The van der Waals surface area contributed by atoms with Crippen molar-refractivity contribution in [1.82, 2.24) is 9.97 Å². The van der Waals surface area contributed by atoms with Crippen LogP contribution in [0.25, 0.3) is 0 Å². The number of halogens is 5. The molecule has 0 radical (unpaired) electrons. The number of pyridine rings is 2. The molecule has 0 aliphatic carbocycles. The molecule has 2 aromatic heterocycles.